The van der Waals surface area contributed by atoms with Gasteiger partial charge in [0.25, 0.3) is 0 Å². The number of sulfonamides is 1. The maximum absolute atomic E-state index is 11.4. The predicted molar refractivity (Wildman–Crippen MR) is 100.0 cm³/mol. The van der Waals surface area contributed by atoms with Gasteiger partial charge in [-0.25, -0.2) is 18.5 Å². The lowest BCUT2D eigenvalue weighted by Gasteiger charge is -2.08. The molecule has 0 spiro atoms. The van der Waals surface area contributed by atoms with Gasteiger partial charge in [-0.1, -0.05) is 12.1 Å². The third kappa shape index (κ3) is 3.44. The quantitative estimate of drug-likeness (QED) is 0.743. The van der Waals surface area contributed by atoms with E-state index in [1.165, 1.54) is 23.5 Å². The number of aromatic nitrogens is 1. The van der Waals surface area contributed by atoms with E-state index >= 15 is 0 Å². The van der Waals surface area contributed by atoms with Crippen molar-refractivity contribution in [3.8, 4) is 33.3 Å². The number of fused-ring (bicyclic) bond motifs is 1. The third-order valence-electron chi connectivity index (χ3n) is 3.98. The number of nitrogens with zero attached hydrogens (tertiary/aromatic N) is 1. The van der Waals surface area contributed by atoms with E-state index in [4.69, 9.17) is 14.6 Å². The summed E-state index contributed by atoms with van der Waals surface area (Å²) in [6.07, 6.45) is 0.860. The molecule has 8 heteroatoms. The van der Waals surface area contributed by atoms with Crippen LogP contribution >= 0.6 is 11.3 Å². The molecule has 134 valence electrons. The molecular formula is C18H16N2O4S2. The largest absolute Gasteiger partial charge is 0.490 e. The minimum atomic E-state index is -3.69. The Morgan fingerprint density at radius 1 is 0.962 bits per heavy atom. The van der Waals surface area contributed by atoms with E-state index in [1.807, 2.05) is 23.6 Å². The van der Waals surface area contributed by atoms with E-state index in [9.17, 15) is 8.42 Å². The van der Waals surface area contributed by atoms with E-state index in [0.717, 1.165) is 39.7 Å². The Morgan fingerprint density at radius 3 is 2.38 bits per heavy atom. The molecule has 6 nitrogen and oxygen atoms in total. The molecule has 0 fully saturated rings. The molecule has 1 aromatic heterocycles. The standard InChI is InChI=1S/C18H16N2O4S2/c19-26(21,22)14-5-2-12(3-6-14)18-20-15(11-25-18)13-4-7-16-17(10-13)24-9-1-8-23-16/h2-7,10-11H,1,8-9H2,(H2,19,21,22). The highest BCUT2D eigenvalue weighted by atomic mass is 32.2. The van der Waals surface area contributed by atoms with E-state index in [1.54, 1.807) is 12.1 Å². The van der Waals surface area contributed by atoms with Crippen molar-refractivity contribution in [2.24, 2.45) is 5.14 Å². The van der Waals surface area contributed by atoms with Crippen molar-refractivity contribution in [1.82, 2.24) is 4.98 Å². The minimum absolute atomic E-state index is 0.0842. The van der Waals surface area contributed by atoms with Gasteiger partial charge in [-0.15, -0.1) is 11.3 Å². The summed E-state index contributed by atoms with van der Waals surface area (Å²) >= 11 is 1.49. The molecule has 1 aliphatic heterocycles. The van der Waals surface area contributed by atoms with Crippen molar-refractivity contribution in [3.05, 3.63) is 47.8 Å². The zero-order valence-electron chi connectivity index (χ0n) is 13.7. The maximum atomic E-state index is 11.4. The van der Waals surface area contributed by atoms with Gasteiger partial charge in [0.15, 0.2) is 11.5 Å². The SMILES string of the molecule is NS(=O)(=O)c1ccc(-c2nc(-c3ccc4c(c3)OCCCO4)cs2)cc1. The Morgan fingerprint density at radius 2 is 1.65 bits per heavy atom. The minimum Gasteiger partial charge on any atom is -0.490 e. The summed E-state index contributed by atoms with van der Waals surface area (Å²) in [7, 11) is -3.69. The Kier molecular flexibility index (Phi) is 4.39. The van der Waals surface area contributed by atoms with Crippen LogP contribution < -0.4 is 14.6 Å². The molecule has 3 aromatic rings. The van der Waals surface area contributed by atoms with Crippen molar-refractivity contribution < 1.29 is 17.9 Å². The maximum Gasteiger partial charge on any atom is 0.238 e. The van der Waals surface area contributed by atoms with Crippen LogP contribution in [-0.2, 0) is 10.0 Å². The van der Waals surface area contributed by atoms with Crippen molar-refractivity contribution in [2.45, 2.75) is 11.3 Å². The molecule has 0 radical (unpaired) electrons. The Bertz CT molecular complexity index is 1040. The zero-order chi connectivity index (χ0) is 18.1. The van der Waals surface area contributed by atoms with Gasteiger partial charge in [-0.3, -0.25) is 0 Å². The summed E-state index contributed by atoms with van der Waals surface area (Å²) in [6, 6.07) is 12.2. The van der Waals surface area contributed by atoms with Crippen LogP contribution in [0.3, 0.4) is 0 Å². The highest BCUT2D eigenvalue weighted by molar-refractivity contribution is 7.89. The predicted octanol–water partition coefficient (Wildman–Crippen LogP) is 3.29. The van der Waals surface area contributed by atoms with E-state index in [-0.39, 0.29) is 4.90 Å². The van der Waals surface area contributed by atoms with Crippen LogP contribution in [-0.4, -0.2) is 26.6 Å². The van der Waals surface area contributed by atoms with E-state index in [0.29, 0.717) is 13.2 Å². The molecule has 1 aliphatic rings. The number of thiazole rings is 1. The summed E-state index contributed by atoms with van der Waals surface area (Å²) in [5.74, 6) is 1.48. The molecule has 0 bridgehead atoms. The monoisotopic (exact) mass is 388 g/mol. The van der Waals surface area contributed by atoms with Crippen molar-refractivity contribution >= 4 is 21.4 Å². The van der Waals surface area contributed by atoms with Gasteiger partial charge in [0, 0.05) is 22.9 Å². The number of hydrogen-bond acceptors (Lipinski definition) is 6. The molecule has 0 saturated heterocycles. The second kappa shape index (κ2) is 6.71. The first-order chi connectivity index (χ1) is 12.5. The van der Waals surface area contributed by atoms with Crippen LogP contribution in [0.25, 0.3) is 21.8 Å². The Labute approximate surface area is 155 Å². The molecule has 0 atom stereocenters. The molecule has 26 heavy (non-hydrogen) atoms. The lowest BCUT2D eigenvalue weighted by Crippen LogP contribution is -2.11. The Hall–Kier alpha value is -2.42. The molecular weight excluding hydrogens is 372 g/mol. The fourth-order valence-corrected chi connectivity index (χ4v) is 4.00. The van der Waals surface area contributed by atoms with Crippen LogP contribution in [0.1, 0.15) is 6.42 Å². The van der Waals surface area contributed by atoms with Gasteiger partial charge in [-0.05, 0) is 30.3 Å². The summed E-state index contributed by atoms with van der Waals surface area (Å²) in [4.78, 5) is 4.74. The first kappa shape index (κ1) is 17.0. The van der Waals surface area contributed by atoms with Gasteiger partial charge in [0.05, 0.1) is 23.8 Å². The van der Waals surface area contributed by atoms with Gasteiger partial charge in [0.2, 0.25) is 10.0 Å². The van der Waals surface area contributed by atoms with Crippen molar-refractivity contribution in [1.29, 1.82) is 0 Å². The lowest BCUT2D eigenvalue weighted by atomic mass is 10.1. The smallest absolute Gasteiger partial charge is 0.238 e. The highest BCUT2D eigenvalue weighted by Crippen LogP contribution is 2.36. The molecule has 2 heterocycles. The number of nitrogens with two attached hydrogens (primary N) is 1. The number of primary sulfonamides is 1. The second-order valence-corrected chi connectivity index (χ2v) is 8.24. The Balaban J connectivity index is 1.63. The number of ether oxygens (including phenoxy) is 2. The molecule has 2 N–H and O–H groups in total. The second-order valence-electron chi connectivity index (χ2n) is 5.82. The topological polar surface area (TPSA) is 91.5 Å². The van der Waals surface area contributed by atoms with Crippen LogP contribution in [0.2, 0.25) is 0 Å². The van der Waals surface area contributed by atoms with E-state index < -0.39 is 10.0 Å². The molecule has 0 saturated carbocycles. The number of benzene rings is 2. The summed E-state index contributed by atoms with van der Waals surface area (Å²) in [5, 5.41) is 7.89. The van der Waals surface area contributed by atoms with Crippen molar-refractivity contribution in [3.63, 3.8) is 0 Å². The van der Waals surface area contributed by atoms with Crippen LogP contribution in [0, 0.1) is 0 Å². The average molecular weight is 388 g/mol. The van der Waals surface area contributed by atoms with Gasteiger partial charge < -0.3 is 9.47 Å². The normalized spacial score (nSPS) is 14.0. The summed E-state index contributed by atoms with van der Waals surface area (Å²) < 4.78 is 34.1. The zero-order valence-corrected chi connectivity index (χ0v) is 15.3. The first-order valence-electron chi connectivity index (χ1n) is 7.99. The third-order valence-corrected chi connectivity index (χ3v) is 5.80. The number of hydrogen-bond donors (Lipinski definition) is 1. The molecule has 0 amide bonds. The fourth-order valence-electron chi connectivity index (χ4n) is 2.65. The van der Waals surface area contributed by atoms with E-state index in [2.05, 4.69) is 4.98 Å². The highest BCUT2D eigenvalue weighted by Gasteiger charge is 2.14. The summed E-state index contributed by atoms with van der Waals surface area (Å²) in [5.41, 5.74) is 2.61. The summed E-state index contributed by atoms with van der Waals surface area (Å²) in [6.45, 7) is 1.29. The van der Waals surface area contributed by atoms with Crippen LogP contribution in [0.15, 0.2) is 52.7 Å². The fraction of sp³-hybridized carbons (Fsp3) is 0.167. The van der Waals surface area contributed by atoms with Crippen LogP contribution in [0.4, 0.5) is 0 Å². The van der Waals surface area contributed by atoms with Crippen LogP contribution in [0.5, 0.6) is 11.5 Å². The van der Waals surface area contributed by atoms with Gasteiger partial charge in [-0.2, -0.15) is 0 Å². The molecule has 0 aliphatic carbocycles. The first-order valence-corrected chi connectivity index (χ1v) is 10.4. The lowest BCUT2D eigenvalue weighted by molar-refractivity contribution is 0.297. The molecule has 4 rings (SSSR count). The molecule has 0 unspecified atom stereocenters. The van der Waals surface area contributed by atoms with Crippen molar-refractivity contribution in [2.75, 3.05) is 13.2 Å². The van der Waals surface area contributed by atoms with Gasteiger partial charge >= 0.3 is 0 Å². The average Bonchev–Trinajstić information content (AvgIpc) is 3.00. The number of rotatable bonds is 3. The molecule has 2 aromatic carbocycles. The van der Waals surface area contributed by atoms with Gasteiger partial charge in [0.1, 0.15) is 5.01 Å².